The Labute approximate surface area is 84.0 Å². The van der Waals surface area contributed by atoms with Gasteiger partial charge in [-0.05, 0) is 25.5 Å². The highest BCUT2D eigenvalue weighted by Gasteiger charge is 2.02. The molecule has 0 unspecified atom stereocenters. The molecule has 2 aromatic heterocycles. The molecule has 0 bridgehead atoms. The Morgan fingerprint density at radius 1 is 1.21 bits per heavy atom. The number of aromatic nitrogens is 2. The van der Waals surface area contributed by atoms with E-state index in [0.717, 1.165) is 11.3 Å². The Bertz CT molecular complexity index is 432. The average Bonchev–Trinajstić information content (AvgIpc) is 2.49. The molecule has 0 aliphatic rings. The van der Waals surface area contributed by atoms with E-state index in [9.17, 15) is 5.11 Å². The first kappa shape index (κ1) is 10.6. The minimum atomic E-state index is 0.239. The zero-order valence-corrected chi connectivity index (χ0v) is 9.07. The van der Waals surface area contributed by atoms with Crippen molar-refractivity contribution < 1.29 is 5.11 Å². The quantitative estimate of drug-likeness (QED) is 0.696. The number of aromatic hydroxyl groups is 1. The lowest BCUT2D eigenvalue weighted by molar-refractivity contribution is 0.477. The van der Waals surface area contributed by atoms with Crippen LogP contribution in [-0.2, 0) is 0 Å². The van der Waals surface area contributed by atoms with Gasteiger partial charge in [0.15, 0.2) is 11.4 Å². The molecular weight excluding hydrogens is 176 g/mol. The fourth-order valence-electron chi connectivity index (χ4n) is 1.34. The van der Waals surface area contributed by atoms with Crippen LogP contribution >= 0.6 is 0 Å². The molecule has 0 aliphatic carbocycles. The summed E-state index contributed by atoms with van der Waals surface area (Å²) in [5.74, 6) is 0.239. The second-order valence-corrected chi connectivity index (χ2v) is 3.02. The number of hydrogen-bond acceptors (Lipinski definition) is 2. The Morgan fingerprint density at radius 3 is 2.50 bits per heavy atom. The van der Waals surface area contributed by atoms with Crippen LogP contribution in [0.25, 0.3) is 5.65 Å². The van der Waals surface area contributed by atoms with E-state index < -0.39 is 0 Å². The lowest BCUT2D eigenvalue weighted by atomic mass is 10.3. The fraction of sp³-hybridized carbons (Fsp3) is 0.364. The van der Waals surface area contributed by atoms with Gasteiger partial charge in [0, 0.05) is 12.4 Å². The third kappa shape index (κ3) is 1.87. The lowest BCUT2D eigenvalue weighted by Crippen LogP contribution is -1.84. The molecule has 0 radical (unpaired) electrons. The van der Waals surface area contributed by atoms with E-state index in [-0.39, 0.29) is 5.75 Å². The molecular formula is C11H16N2O. The van der Waals surface area contributed by atoms with Crippen molar-refractivity contribution in [2.24, 2.45) is 0 Å². The molecule has 0 atom stereocenters. The van der Waals surface area contributed by atoms with Crippen LogP contribution in [-0.4, -0.2) is 14.5 Å². The van der Waals surface area contributed by atoms with Gasteiger partial charge in [-0.1, -0.05) is 13.8 Å². The Hall–Kier alpha value is -1.51. The van der Waals surface area contributed by atoms with E-state index in [1.54, 1.807) is 6.07 Å². The van der Waals surface area contributed by atoms with Crippen molar-refractivity contribution in [3.8, 4) is 5.75 Å². The highest BCUT2D eigenvalue weighted by molar-refractivity contribution is 5.54. The Balaban J connectivity index is 0.000000461. The highest BCUT2D eigenvalue weighted by atomic mass is 16.3. The normalized spacial score (nSPS) is 9.71. The van der Waals surface area contributed by atoms with Crippen LogP contribution in [0.3, 0.4) is 0 Å². The van der Waals surface area contributed by atoms with Crippen molar-refractivity contribution in [2.45, 2.75) is 27.7 Å². The van der Waals surface area contributed by atoms with Crippen LogP contribution in [0.15, 0.2) is 18.5 Å². The first-order chi connectivity index (χ1) is 6.66. The van der Waals surface area contributed by atoms with E-state index in [1.165, 1.54) is 0 Å². The maximum absolute atomic E-state index is 9.48. The fourth-order valence-corrected chi connectivity index (χ4v) is 1.34. The Kier molecular flexibility index (Phi) is 3.12. The summed E-state index contributed by atoms with van der Waals surface area (Å²) < 4.78 is 1.83. The van der Waals surface area contributed by atoms with Gasteiger partial charge in [-0.25, -0.2) is 4.98 Å². The van der Waals surface area contributed by atoms with Crippen LogP contribution in [0.5, 0.6) is 5.75 Å². The van der Waals surface area contributed by atoms with Crippen molar-refractivity contribution in [2.75, 3.05) is 0 Å². The molecule has 0 fully saturated rings. The zero-order chi connectivity index (χ0) is 10.7. The summed E-state index contributed by atoms with van der Waals surface area (Å²) in [5.41, 5.74) is 2.56. The van der Waals surface area contributed by atoms with Crippen molar-refractivity contribution in [1.29, 1.82) is 0 Å². The number of aryl methyl sites for hydroxylation is 2. The summed E-state index contributed by atoms with van der Waals surface area (Å²) in [4.78, 5) is 4.17. The van der Waals surface area contributed by atoms with Crippen LogP contribution in [0.4, 0.5) is 0 Å². The number of hydrogen-bond donors (Lipinski definition) is 1. The van der Waals surface area contributed by atoms with Gasteiger partial charge >= 0.3 is 0 Å². The molecule has 76 valence electrons. The van der Waals surface area contributed by atoms with Gasteiger partial charge in [0.2, 0.25) is 0 Å². The van der Waals surface area contributed by atoms with Crippen LogP contribution in [0.1, 0.15) is 25.1 Å². The molecule has 2 aromatic rings. The number of imidazole rings is 1. The van der Waals surface area contributed by atoms with Gasteiger partial charge in [-0.2, -0.15) is 0 Å². The van der Waals surface area contributed by atoms with Crippen molar-refractivity contribution in [1.82, 2.24) is 9.38 Å². The first-order valence-electron chi connectivity index (χ1n) is 4.82. The summed E-state index contributed by atoms with van der Waals surface area (Å²) in [6, 6.07) is 1.71. The maximum Gasteiger partial charge on any atom is 0.179 e. The standard InChI is InChI=1S/C9H10N2O.C2H6/c1-6-3-8(12)9-10-7(2)5-11(9)4-6;1-2/h3-5,12H,1-2H3;1-2H3. The third-order valence-electron chi connectivity index (χ3n) is 1.79. The second kappa shape index (κ2) is 4.13. The number of pyridine rings is 1. The first-order valence-corrected chi connectivity index (χ1v) is 4.82. The number of fused-ring (bicyclic) bond motifs is 1. The summed E-state index contributed by atoms with van der Waals surface area (Å²) >= 11 is 0. The monoisotopic (exact) mass is 192 g/mol. The predicted octanol–water partition coefficient (Wildman–Crippen LogP) is 2.68. The molecule has 2 heterocycles. The van der Waals surface area contributed by atoms with Crippen LogP contribution in [0.2, 0.25) is 0 Å². The van der Waals surface area contributed by atoms with Gasteiger partial charge in [0.1, 0.15) is 0 Å². The molecule has 0 amide bonds. The van der Waals surface area contributed by atoms with Gasteiger partial charge in [0.05, 0.1) is 5.69 Å². The van der Waals surface area contributed by atoms with Gasteiger partial charge < -0.3 is 9.51 Å². The average molecular weight is 192 g/mol. The van der Waals surface area contributed by atoms with Crippen molar-refractivity contribution in [3.05, 3.63) is 29.7 Å². The molecule has 0 spiro atoms. The molecule has 0 aliphatic heterocycles. The summed E-state index contributed by atoms with van der Waals surface area (Å²) in [5, 5.41) is 9.48. The second-order valence-electron chi connectivity index (χ2n) is 3.02. The maximum atomic E-state index is 9.48. The SMILES string of the molecule is CC.Cc1cc(O)c2nc(C)cn2c1. The molecule has 2 rings (SSSR count). The number of rotatable bonds is 0. The lowest BCUT2D eigenvalue weighted by Gasteiger charge is -1.97. The van der Waals surface area contributed by atoms with E-state index in [2.05, 4.69) is 4.98 Å². The minimum absolute atomic E-state index is 0.239. The largest absolute Gasteiger partial charge is 0.504 e. The molecule has 3 heteroatoms. The molecule has 0 aromatic carbocycles. The summed E-state index contributed by atoms with van der Waals surface area (Å²) in [7, 11) is 0. The predicted molar refractivity (Wildman–Crippen MR) is 57.7 cm³/mol. The van der Waals surface area contributed by atoms with Crippen LogP contribution in [0, 0.1) is 13.8 Å². The third-order valence-corrected chi connectivity index (χ3v) is 1.79. The topological polar surface area (TPSA) is 37.5 Å². The smallest absolute Gasteiger partial charge is 0.179 e. The highest BCUT2D eigenvalue weighted by Crippen LogP contribution is 2.18. The van der Waals surface area contributed by atoms with E-state index in [4.69, 9.17) is 0 Å². The number of nitrogens with zero attached hydrogens (tertiary/aromatic N) is 2. The van der Waals surface area contributed by atoms with E-state index in [0.29, 0.717) is 5.65 Å². The van der Waals surface area contributed by atoms with E-state index in [1.807, 2.05) is 44.5 Å². The van der Waals surface area contributed by atoms with Gasteiger partial charge in [-0.3, -0.25) is 0 Å². The van der Waals surface area contributed by atoms with Gasteiger partial charge in [-0.15, -0.1) is 0 Å². The minimum Gasteiger partial charge on any atom is -0.504 e. The van der Waals surface area contributed by atoms with E-state index >= 15 is 0 Å². The molecule has 1 N–H and O–H groups in total. The summed E-state index contributed by atoms with van der Waals surface area (Å²) in [6.45, 7) is 7.84. The zero-order valence-electron chi connectivity index (χ0n) is 9.07. The summed E-state index contributed by atoms with van der Waals surface area (Å²) in [6.07, 6.45) is 3.83. The molecule has 3 nitrogen and oxygen atoms in total. The Morgan fingerprint density at radius 2 is 1.86 bits per heavy atom. The molecule has 14 heavy (non-hydrogen) atoms. The van der Waals surface area contributed by atoms with Crippen molar-refractivity contribution in [3.63, 3.8) is 0 Å². The van der Waals surface area contributed by atoms with Gasteiger partial charge in [0.25, 0.3) is 0 Å². The molecule has 0 saturated carbocycles. The molecule has 0 saturated heterocycles. The van der Waals surface area contributed by atoms with Crippen molar-refractivity contribution >= 4 is 5.65 Å². The van der Waals surface area contributed by atoms with Crippen LogP contribution < -0.4 is 0 Å².